The molecule has 1 saturated heterocycles. The first-order valence-corrected chi connectivity index (χ1v) is 13.0. The van der Waals surface area contributed by atoms with Crippen molar-refractivity contribution in [1.29, 1.82) is 0 Å². The number of aliphatic hydroxyl groups is 1. The van der Waals surface area contributed by atoms with Gasteiger partial charge in [-0.05, 0) is 54.5 Å². The third-order valence-corrected chi connectivity index (χ3v) is 7.12. The molecule has 2 amide bonds. The molecule has 0 atom stereocenters. The van der Waals surface area contributed by atoms with E-state index in [4.69, 9.17) is 10.1 Å². The second-order valence-corrected chi connectivity index (χ2v) is 9.52. The van der Waals surface area contributed by atoms with Gasteiger partial charge in [0, 0.05) is 49.5 Å². The van der Waals surface area contributed by atoms with Gasteiger partial charge in [0.05, 0.1) is 12.2 Å². The van der Waals surface area contributed by atoms with Crippen LogP contribution in [0, 0.1) is 5.92 Å². The molecule has 1 fully saturated rings. The zero-order valence-electron chi connectivity index (χ0n) is 19.8. The molecule has 4 aromatic heterocycles. The van der Waals surface area contributed by atoms with E-state index in [0.29, 0.717) is 35.1 Å². The lowest BCUT2D eigenvalue weighted by molar-refractivity contribution is 0.0932. The predicted molar refractivity (Wildman–Crippen MR) is 139 cm³/mol. The van der Waals surface area contributed by atoms with Crippen molar-refractivity contribution in [3.05, 3.63) is 70.8 Å². The highest BCUT2D eigenvalue weighted by atomic mass is 32.1. The molecule has 0 spiro atoms. The van der Waals surface area contributed by atoms with Crippen LogP contribution in [0.2, 0.25) is 0 Å². The lowest BCUT2D eigenvalue weighted by atomic mass is 9.96. The van der Waals surface area contributed by atoms with Crippen molar-refractivity contribution >= 4 is 34.6 Å². The summed E-state index contributed by atoms with van der Waals surface area (Å²) in [6, 6.07) is 11.3. The van der Waals surface area contributed by atoms with Crippen LogP contribution in [0.3, 0.4) is 0 Å². The molecule has 4 aromatic rings. The first kappa shape index (κ1) is 24.0. The minimum absolute atomic E-state index is 0.133. The largest absolute Gasteiger partial charge is 0.395 e. The second-order valence-electron chi connectivity index (χ2n) is 8.74. The number of imidazole rings is 1. The Morgan fingerprint density at radius 2 is 1.94 bits per heavy atom. The van der Waals surface area contributed by atoms with Crippen LogP contribution in [-0.2, 0) is 0 Å². The van der Waals surface area contributed by atoms with Gasteiger partial charge in [-0.3, -0.25) is 14.0 Å². The third-order valence-electron chi connectivity index (χ3n) is 6.44. The summed E-state index contributed by atoms with van der Waals surface area (Å²) >= 11 is 1.51. The minimum atomic E-state index is -0.352. The molecule has 0 aliphatic carbocycles. The topological polar surface area (TPSA) is 112 Å². The molecule has 0 aromatic carbocycles. The Bertz CT molecular complexity index is 1330. The monoisotopic (exact) mass is 504 g/mol. The van der Waals surface area contributed by atoms with Crippen LogP contribution < -0.4 is 15.5 Å². The molecule has 10 heteroatoms. The molecule has 5 heterocycles. The van der Waals surface area contributed by atoms with Crippen LogP contribution in [0.5, 0.6) is 0 Å². The zero-order chi connectivity index (χ0) is 24.9. The van der Waals surface area contributed by atoms with E-state index in [0.717, 1.165) is 37.3 Å². The molecule has 9 nitrogen and oxygen atoms in total. The van der Waals surface area contributed by atoms with E-state index in [-0.39, 0.29) is 25.0 Å². The summed E-state index contributed by atoms with van der Waals surface area (Å²) < 4.78 is 1.65. The summed E-state index contributed by atoms with van der Waals surface area (Å²) in [5, 5.41) is 18.8. The van der Waals surface area contributed by atoms with E-state index in [1.165, 1.54) is 11.3 Å². The van der Waals surface area contributed by atoms with Gasteiger partial charge in [0.2, 0.25) is 0 Å². The van der Waals surface area contributed by atoms with Crippen molar-refractivity contribution < 1.29 is 14.7 Å². The fraction of sp³-hybridized carbons (Fsp3) is 0.308. The first-order chi connectivity index (χ1) is 17.7. The number of pyridine rings is 2. The fourth-order valence-electron chi connectivity index (χ4n) is 4.55. The van der Waals surface area contributed by atoms with Crippen LogP contribution in [0.1, 0.15) is 33.7 Å². The van der Waals surface area contributed by atoms with Gasteiger partial charge >= 0.3 is 0 Å². The summed E-state index contributed by atoms with van der Waals surface area (Å²) in [5.41, 5.74) is 2.50. The number of hydrogen-bond donors (Lipinski definition) is 3. The third kappa shape index (κ3) is 4.95. The van der Waals surface area contributed by atoms with Crippen molar-refractivity contribution in [1.82, 2.24) is 25.0 Å². The Balaban J connectivity index is 1.32. The summed E-state index contributed by atoms with van der Waals surface area (Å²) in [7, 11) is 0. The number of piperidine rings is 1. The Morgan fingerprint density at radius 1 is 1.08 bits per heavy atom. The van der Waals surface area contributed by atoms with E-state index in [1.54, 1.807) is 22.7 Å². The molecular weight excluding hydrogens is 476 g/mol. The van der Waals surface area contributed by atoms with Crippen molar-refractivity contribution in [2.75, 3.05) is 37.7 Å². The predicted octanol–water partition coefficient (Wildman–Crippen LogP) is 2.83. The molecule has 5 rings (SSSR count). The number of rotatable bonds is 8. The van der Waals surface area contributed by atoms with Gasteiger partial charge < -0.3 is 20.6 Å². The molecule has 1 aliphatic heterocycles. The zero-order valence-corrected chi connectivity index (χ0v) is 20.6. The highest BCUT2D eigenvalue weighted by Crippen LogP contribution is 2.28. The Hall–Kier alpha value is -3.76. The highest BCUT2D eigenvalue weighted by molar-refractivity contribution is 7.08. The number of thiophene rings is 1. The number of nitrogens with one attached hydrogen (secondary N) is 2. The maximum Gasteiger partial charge on any atom is 0.270 e. The molecule has 0 saturated carbocycles. The van der Waals surface area contributed by atoms with E-state index in [1.807, 2.05) is 41.2 Å². The van der Waals surface area contributed by atoms with Gasteiger partial charge in [0.1, 0.15) is 17.2 Å². The highest BCUT2D eigenvalue weighted by Gasteiger charge is 2.25. The van der Waals surface area contributed by atoms with Crippen LogP contribution in [0.25, 0.3) is 16.9 Å². The molecule has 0 bridgehead atoms. The second kappa shape index (κ2) is 10.9. The van der Waals surface area contributed by atoms with E-state index >= 15 is 0 Å². The average Bonchev–Trinajstić information content (AvgIpc) is 3.59. The van der Waals surface area contributed by atoms with Crippen LogP contribution in [0.4, 0.5) is 5.82 Å². The quantitative estimate of drug-likeness (QED) is 0.340. The molecule has 0 radical (unpaired) electrons. The van der Waals surface area contributed by atoms with Gasteiger partial charge in [-0.25, -0.2) is 9.97 Å². The average molecular weight is 505 g/mol. The van der Waals surface area contributed by atoms with Gasteiger partial charge in [-0.15, -0.1) is 0 Å². The standard InChI is InChI=1S/C26H28N6O3S/c33-14-10-28-26(35)23-22(19-8-15-36-17-19)30-24-20(4-3-11-32(23)24)25(34)29-16-18-6-12-31(13-7-18)21-5-1-2-9-27-21/h1-5,8-9,11,15,17-18,33H,6-7,10,12-14,16H2,(H,28,35)(H,29,34). The Kier molecular flexibility index (Phi) is 7.24. The summed E-state index contributed by atoms with van der Waals surface area (Å²) in [5.74, 6) is 0.813. The number of hydrogen-bond acceptors (Lipinski definition) is 7. The molecule has 1 aliphatic rings. The minimum Gasteiger partial charge on any atom is -0.395 e. The maximum absolute atomic E-state index is 13.2. The van der Waals surface area contributed by atoms with E-state index in [2.05, 4.69) is 20.5 Å². The SMILES string of the molecule is O=C(NCC1CCN(c2ccccn2)CC1)c1cccn2c(C(=O)NCCO)c(-c3ccsc3)nc12. The number of carbonyl (C=O) groups is 2. The van der Waals surface area contributed by atoms with E-state index in [9.17, 15) is 9.59 Å². The van der Waals surface area contributed by atoms with Crippen LogP contribution >= 0.6 is 11.3 Å². The number of anilines is 1. The Morgan fingerprint density at radius 3 is 2.67 bits per heavy atom. The number of nitrogens with zero attached hydrogens (tertiary/aromatic N) is 4. The lowest BCUT2D eigenvalue weighted by Crippen LogP contribution is -2.39. The molecule has 186 valence electrons. The number of aliphatic hydroxyl groups excluding tert-OH is 1. The molecule has 3 N–H and O–H groups in total. The molecule has 36 heavy (non-hydrogen) atoms. The Labute approximate surface area is 212 Å². The summed E-state index contributed by atoms with van der Waals surface area (Å²) in [4.78, 5) is 37.6. The van der Waals surface area contributed by atoms with Crippen molar-refractivity contribution in [2.24, 2.45) is 5.92 Å². The normalized spacial score (nSPS) is 14.2. The van der Waals surface area contributed by atoms with Crippen LogP contribution in [0.15, 0.2) is 59.6 Å². The molecular formula is C26H28N6O3S. The van der Waals surface area contributed by atoms with Crippen molar-refractivity contribution in [3.8, 4) is 11.3 Å². The summed E-state index contributed by atoms with van der Waals surface area (Å²) in [6.07, 6.45) is 5.49. The maximum atomic E-state index is 13.2. The van der Waals surface area contributed by atoms with Crippen LogP contribution in [-0.4, -0.2) is 64.1 Å². The van der Waals surface area contributed by atoms with Gasteiger partial charge in [-0.2, -0.15) is 11.3 Å². The lowest BCUT2D eigenvalue weighted by Gasteiger charge is -2.32. The number of fused-ring (bicyclic) bond motifs is 1. The van der Waals surface area contributed by atoms with Crippen molar-refractivity contribution in [3.63, 3.8) is 0 Å². The van der Waals surface area contributed by atoms with Gasteiger partial charge in [-0.1, -0.05) is 6.07 Å². The van der Waals surface area contributed by atoms with Gasteiger partial charge in [0.15, 0.2) is 5.65 Å². The van der Waals surface area contributed by atoms with Crippen molar-refractivity contribution in [2.45, 2.75) is 12.8 Å². The number of amides is 2. The fourth-order valence-corrected chi connectivity index (χ4v) is 5.20. The van der Waals surface area contributed by atoms with Gasteiger partial charge in [0.25, 0.3) is 11.8 Å². The number of carbonyl (C=O) groups excluding carboxylic acids is 2. The molecule has 0 unspecified atom stereocenters. The summed E-state index contributed by atoms with van der Waals surface area (Å²) in [6.45, 7) is 2.37. The number of aromatic nitrogens is 3. The smallest absolute Gasteiger partial charge is 0.270 e. The first-order valence-electron chi connectivity index (χ1n) is 12.0. The van der Waals surface area contributed by atoms with E-state index < -0.39 is 0 Å².